The summed E-state index contributed by atoms with van der Waals surface area (Å²) in [5.41, 5.74) is 1.09. The lowest BCUT2D eigenvalue weighted by Gasteiger charge is -1.91. The van der Waals surface area contributed by atoms with Crippen molar-refractivity contribution in [1.29, 1.82) is 0 Å². The van der Waals surface area contributed by atoms with E-state index in [2.05, 4.69) is 9.97 Å². The van der Waals surface area contributed by atoms with Gasteiger partial charge in [-0.25, -0.2) is 4.98 Å². The summed E-state index contributed by atoms with van der Waals surface area (Å²) in [6.45, 7) is 1.97. The van der Waals surface area contributed by atoms with Gasteiger partial charge in [0.25, 0.3) is 0 Å². The van der Waals surface area contributed by atoms with Crippen LogP contribution in [0.3, 0.4) is 0 Å². The molecule has 0 radical (unpaired) electrons. The molecule has 0 aliphatic heterocycles. The van der Waals surface area contributed by atoms with E-state index in [-0.39, 0.29) is 0 Å². The maximum atomic E-state index is 5.66. The van der Waals surface area contributed by atoms with E-state index in [9.17, 15) is 0 Å². The number of rotatable bonds is 0. The smallest absolute Gasteiger partial charge is 0.235 e. The molecule has 0 fully saturated rings. The van der Waals surface area contributed by atoms with Crippen LogP contribution in [0.25, 0.3) is 5.78 Å². The third-order valence-corrected chi connectivity index (χ3v) is 1.59. The first kappa shape index (κ1) is 6.61. The Morgan fingerprint density at radius 2 is 2.27 bits per heavy atom. The summed E-state index contributed by atoms with van der Waals surface area (Å²) in [7, 11) is 0. The molecule has 2 aromatic heterocycles. The summed E-state index contributed by atoms with van der Waals surface area (Å²) in [4.78, 5) is 8.04. The summed E-state index contributed by atoms with van der Waals surface area (Å²) in [6.07, 6.45) is 5.43. The van der Waals surface area contributed by atoms with Gasteiger partial charge in [-0.05, 0) is 12.5 Å². The maximum absolute atomic E-state index is 5.66. The molecule has 56 valence electrons. The molecule has 0 aliphatic rings. The van der Waals surface area contributed by atoms with E-state index in [1.54, 1.807) is 16.8 Å². The van der Waals surface area contributed by atoms with E-state index in [4.69, 9.17) is 11.6 Å². The van der Waals surface area contributed by atoms with Gasteiger partial charge < -0.3 is 0 Å². The molecule has 0 unspecified atom stereocenters. The number of hydrogen-bond acceptors (Lipinski definition) is 2. The van der Waals surface area contributed by atoms with Crippen molar-refractivity contribution in [3.8, 4) is 0 Å². The monoisotopic (exact) mass is 167 g/mol. The van der Waals surface area contributed by atoms with Crippen LogP contribution in [-0.4, -0.2) is 14.4 Å². The van der Waals surface area contributed by atoms with Crippen LogP contribution in [0, 0.1) is 6.92 Å². The van der Waals surface area contributed by atoms with Crippen molar-refractivity contribution in [2.75, 3.05) is 0 Å². The fraction of sp³-hybridized carbons (Fsp3) is 0.143. The first-order valence-electron chi connectivity index (χ1n) is 3.22. The van der Waals surface area contributed by atoms with Crippen molar-refractivity contribution < 1.29 is 0 Å². The predicted octanol–water partition coefficient (Wildman–Crippen LogP) is 1.69. The van der Waals surface area contributed by atoms with E-state index in [0.717, 1.165) is 5.56 Å². The van der Waals surface area contributed by atoms with Gasteiger partial charge in [0.15, 0.2) is 0 Å². The molecular formula is C7H6ClN3. The summed E-state index contributed by atoms with van der Waals surface area (Å²) in [5.74, 6) is 0.639. The highest BCUT2D eigenvalue weighted by Gasteiger charge is 1.97. The van der Waals surface area contributed by atoms with Crippen LogP contribution in [0.5, 0.6) is 0 Å². The van der Waals surface area contributed by atoms with Gasteiger partial charge in [-0.15, -0.1) is 0 Å². The van der Waals surface area contributed by atoms with Crippen LogP contribution in [0.15, 0.2) is 18.6 Å². The molecular weight excluding hydrogens is 162 g/mol. The SMILES string of the molecule is Cc1cnc2nc(Cl)cn2c1. The second-order valence-corrected chi connectivity index (χ2v) is 2.79. The Morgan fingerprint density at radius 1 is 1.45 bits per heavy atom. The zero-order valence-electron chi connectivity index (χ0n) is 5.95. The van der Waals surface area contributed by atoms with Crippen molar-refractivity contribution >= 4 is 17.4 Å². The molecule has 0 saturated heterocycles. The highest BCUT2D eigenvalue weighted by atomic mass is 35.5. The summed E-state index contributed by atoms with van der Waals surface area (Å²) in [6, 6.07) is 0. The molecule has 3 nitrogen and oxygen atoms in total. The fourth-order valence-electron chi connectivity index (χ4n) is 0.957. The largest absolute Gasteiger partial charge is 0.289 e. The molecule has 0 N–H and O–H groups in total. The van der Waals surface area contributed by atoms with Gasteiger partial charge in [0.1, 0.15) is 5.15 Å². The average Bonchev–Trinajstić information content (AvgIpc) is 2.27. The van der Waals surface area contributed by atoms with Gasteiger partial charge in [-0.1, -0.05) is 11.6 Å². The lowest BCUT2D eigenvalue weighted by Crippen LogP contribution is -1.87. The van der Waals surface area contributed by atoms with Crippen LogP contribution in [0.2, 0.25) is 5.15 Å². The summed E-state index contributed by atoms with van der Waals surface area (Å²) in [5, 5.41) is 0.475. The van der Waals surface area contributed by atoms with E-state index < -0.39 is 0 Å². The normalized spacial score (nSPS) is 10.7. The number of aryl methyl sites for hydroxylation is 1. The van der Waals surface area contributed by atoms with Gasteiger partial charge in [-0.2, -0.15) is 4.98 Å². The zero-order valence-corrected chi connectivity index (χ0v) is 6.71. The van der Waals surface area contributed by atoms with E-state index in [1.807, 2.05) is 13.1 Å². The number of imidazole rings is 1. The van der Waals surface area contributed by atoms with Crippen molar-refractivity contribution in [1.82, 2.24) is 14.4 Å². The zero-order chi connectivity index (χ0) is 7.84. The Morgan fingerprint density at radius 3 is 3.09 bits per heavy atom. The molecule has 0 atom stereocenters. The quantitative estimate of drug-likeness (QED) is 0.598. The molecule has 2 aromatic rings. The molecule has 0 aliphatic carbocycles. The first-order valence-corrected chi connectivity index (χ1v) is 3.60. The highest BCUT2D eigenvalue weighted by molar-refractivity contribution is 6.29. The summed E-state index contributed by atoms with van der Waals surface area (Å²) >= 11 is 5.66. The number of nitrogens with zero attached hydrogens (tertiary/aromatic N) is 3. The lowest BCUT2D eigenvalue weighted by molar-refractivity contribution is 1.08. The Kier molecular flexibility index (Phi) is 1.32. The summed E-state index contributed by atoms with van der Waals surface area (Å²) < 4.78 is 1.80. The molecule has 4 heteroatoms. The third kappa shape index (κ3) is 1.07. The minimum absolute atomic E-state index is 0.475. The molecule has 0 bridgehead atoms. The molecule has 0 saturated carbocycles. The predicted molar refractivity (Wildman–Crippen MR) is 42.7 cm³/mol. The van der Waals surface area contributed by atoms with Crippen molar-refractivity contribution in [2.24, 2.45) is 0 Å². The molecule has 2 rings (SSSR count). The molecule has 0 aromatic carbocycles. The van der Waals surface area contributed by atoms with Crippen LogP contribution >= 0.6 is 11.6 Å². The lowest BCUT2D eigenvalue weighted by atomic mass is 10.4. The second kappa shape index (κ2) is 2.20. The average molecular weight is 168 g/mol. The van der Waals surface area contributed by atoms with Crippen molar-refractivity contribution in [3.05, 3.63) is 29.3 Å². The molecule has 11 heavy (non-hydrogen) atoms. The van der Waals surface area contributed by atoms with Crippen LogP contribution in [0.4, 0.5) is 0 Å². The maximum Gasteiger partial charge on any atom is 0.235 e. The first-order chi connectivity index (χ1) is 5.25. The highest BCUT2D eigenvalue weighted by Crippen LogP contribution is 2.07. The fourth-order valence-corrected chi connectivity index (χ4v) is 1.14. The van der Waals surface area contributed by atoms with Crippen LogP contribution in [-0.2, 0) is 0 Å². The van der Waals surface area contributed by atoms with Gasteiger partial charge in [-0.3, -0.25) is 4.40 Å². The second-order valence-electron chi connectivity index (χ2n) is 2.40. The van der Waals surface area contributed by atoms with Crippen molar-refractivity contribution in [2.45, 2.75) is 6.92 Å². The van der Waals surface area contributed by atoms with Gasteiger partial charge >= 0.3 is 0 Å². The Bertz CT molecular complexity index is 393. The Balaban J connectivity index is 2.82. The standard InChI is InChI=1S/C7H6ClN3/c1-5-2-9-7-10-6(8)4-11(7)3-5/h2-4H,1H3. The van der Waals surface area contributed by atoms with Gasteiger partial charge in [0.05, 0.1) is 0 Å². The van der Waals surface area contributed by atoms with Gasteiger partial charge in [0, 0.05) is 18.6 Å². The minimum atomic E-state index is 0.475. The van der Waals surface area contributed by atoms with Crippen LogP contribution in [0.1, 0.15) is 5.56 Å². The van der Waals surface area contributed by atoms with E-state index in [0.29, 0.717) is 10.9 Å². The number of fused-ring (bicyclic) bond motifs is 1. The number of halogens is 1. The Hall–Kier alpha value is -1.09. The molecule has 2 heterocycles. The molecule has 0 spiro atoms. The third-order valence-electron chi connectivity index (χ3n) is 1.41. The number of aromatic nitrogens is 3. The molecule has 0 amide bonds. The Labute approximate surface area is 68.7 Å². The topological polar surface area (TPSA) is 30.2 Å². The van der Waals surface area contributed by atoms with Gasteiger partial charge in [0.2, 0.25) is 5.78 Å². The van der Waals surface area contributed by atoms with Crippen LogP contribution < -0.4 is 0 Å². The van der Waals surface area contributed by atoms with E-state index >= 15 is 0 Å². The number of hydrogen-bond donors (Lipinski definition) is 0. The minimum Gasteiger partial charge on any atom is -0.289 e. The van der Waals surface area contributed by atoms with Crippen molar-refractivity contribution in [3.63, 3.8) is 0 Å². The van der Waals surface area contributed by atoms with E-state index in [1.165, 1.54) is 0 Å².